The first kappa shape index (κ1) is 16.6. The van der Waals surface area contributed by atoms with Crippen molar-refractivity contribution in [1.82, 2.24) is 0 Å². The van der Waals surface area contributed by atoms with E-state index in [2.05, 4.69) is 0 Å². The Labute approximate surface area is 73.3 Å². The molecule has 0 fully saturated rings. The number of aliphatic carboxylic acids is 2. The minimum atomic E-state index is -1.63. The molecule has 0 radical (unpaired) electrons. The van der Waals surface area contributed by atoms with Crippen molar-refractivity contribution in [2.75, 3.05) is 0 Å². The van der Waals surface area contributed by atoms with E-state index in [0.29, 0.717) is 0 Å². The fourth-order valence-corrected chi connectivity index (χ4v) is 0. The van der Waals surface area contributed by atoms with Gasteiger partial charge < -0.3 is 19.8 Å². The fourth-order valence-electron chi connectivity index (χ4n) is 0. The zero-order valence-electron chi connectivity index (χ0n) is 5.86. The van der Waals surface area contributed by atoms with Gasteiger partial charge in [-0.2, -0.15) is 0 Å². The predicted octanol–water partition coefficient (Wildman–Crippen LogP) is -2.92. The summed E-state index contributed by atoms with van der Waals surface area (Å²) < 4.78 is 0. The van der Waals surface area contributed by atoms with E-state index in [0.717, 1.165) is 13.8 Å². The molecule has 0 bridgehead atoms. The third-order valence-corrected chi connectivity index (χ3v) is 0.287. The molecule has 6 heteroatoms. The van der Waals surface area contributed by atoms with Crippen LogP contribution in [-0.4, -0.2) is 17.7 Å². The average Bonchev–Trinajstić information content (AvgIpc) is 1.63. The van der Waals surface area contributed by atoms with Crippen molar-refractivity contribution in [3.05, 3.63) is 0 Å². The second-order valence-electron chi connectivity index (χ2n) is 1.34. The Kier molecular flexibility index (Phi) is 13.7. The monoisotopic (exact) mass is 204 g/mol. The molecule has 0 aromatic carbocycles. The minimum absolute atomic E-state index is 0. The van der Waals surface area contributed by atoms with Crippen LogP contribution in [0, 0.1) is 0 Å². The number of carbonyl (C=O) groups excluding carboxylic acids is 3. The zero-order chi connectivity index (χ0) is 8.73. The van der Waals surface area contributed by atoms with E-state index >= 15 is 0 Å². The number of carbonyl (C=O) groups is 3. The van der Waals surface area contributed by atoms with Crippen LogP contribution in [0.4, 0.5) is 0 Å². The number of carboxylic acid groups (broad SMARTS) is 2. The van der Waals surface area contributed by atoms with Crippen molar-refractivity contribution in [2.45, 2.75) is 13.8 Å². The normalized spacial score (nSPS) is 6.36. The maximum absolute atomic E-state index is 9.48. The zero-order valence-corrected chi connectivity index (χ0v) is 6.85. The molecule has 0 unspecified atom stereocenters. The Bertz CT molecular complexity index is 137. The van der Waals surface area contributed by atoms with E-state index in [1.807, 2.05) is 0 Å². The summed E-state index contributed by atoms with van der Waals surface area (Å²) in [6.45, 7) is 1.91. The van der Waals surface area contributed by atoms with Gasteiger partial charge in [0.1, 0.15) is 5.97 Å². The number of carboxylic acids is 2. The molecule has 0 aliphatic heterocycles. The number of ketones is 1. The standard InChI is InChI=1S/C3H4O3.C2H4O2.Ni/c1-2(4)3(5)6;1-2(3)4;/h1H3,(H,5,6);1H3,(H,3,4);/q;;+2/p-2. The first-order valence-electron chi connectivity index (χ1n) is 2.27. The Morgan fingerprint density at radius 3 is 1.09 bits per heavy atom. The summed E-state index contributed by atoms with van der Waals surface area (Å²) in [6, 6.07) is 0. The molecule has 0 aromatic rings. The molecule has 5 nitrogen and oxygen atoms in total. The number of hydrogen-bond donors (Lipinski definition) is 0. The molecular formula is C5H6NiO5. The molecule has 0 saturated heterocycles. The summed E-state index contributed by atoms with van der Waals surface area (Å²) in [5.74, 6) is -3.65. The Morgan fingerprint density at radius 2 is 1.09 bits per heavy atom. The van der Waals surface area contributed by atoms with Gasteiger partial charge in [-0.1, -0.05) is 0 Å². The molecule has 0 saturated carbocycles. The van der Waals surface area contributed by atoms with Crippen molar-refractivity contribution in [3.8, 4) is 0 Å². The third kappa shape index (κ3) is 47.7. The van der Waals surface area contributed by atoms with Crippen molar-refractivity contribution in [3.63, 3.8) is 0 Å². The largest absolute Gasteiger partial charge is 2.00 e. The van der Waals surface area contributed by atoms with E-state index in [1.165, 1.54) is 0 Å². The van der Waals surface area contributed by atoms with Gasteiger partial charge in [0.25, 0.3) is 0 Å². The van der Waals surface area contributed by atoms with Crippen LogP contribution in [0.1, 0.15) is 13.8 Å². The Morgan fingerprint density at radius 1 is 1.00 bits per heavy atom. The molecule has 0 aromatic heterocycles. The predicted molar refractivity (Wildman–Crippen MR) is 26.4 cm³/mol. The minimum Gasteiger partial charge on any atom is -0.550 e. The van der Waals surface area contributed by atoms with Gasteiger partial charge in [-0.25, -0.2) is 0 Å². The summed E-state index contributed by atoms with van der Waals surface area (Å²) in [5.41, 5.74) is 0. The Balaban J connectivity index is -0.000000114. The number of Topliss-reactive ketones (excluding diaryl/α,β-unsaturated/α-hetero) is 1. The van der Waals surface area contributed by atoms with Gasteiger partial charge in [0.05, 0.1) is 0 Å². The van der Waals surface area contributed by atoms with Gasteiger partial charge in [0.2, 0.25) is 0 Å². The second kappa shape index (κ2) is 9.10. The van der Waals surface area contributed by atoms with Crippen molar-refractivity contribution in [1.29, 1.82) is 0 Å². The molecule has 66 valence electrons. The Hall–Kier alpha value is -0.896. The van der Waals surface area contributed by atoms with Crippen LogP contribution in [-0.2, 0) is 30.9 Å². The molecule has 0 aliphatic carbocycles. The van der Waals surface area contributed by atoms with Crippen LogP contribution in [0.5, 0.6) is 0 Å². The van der Waals surface area contributed by atoms with Crippen LogP contribution >= 0.6 is 0 Å². The van der Waals surface area contributed by atoms with Crippen LogP contribution < -0.4 is 10.2 Å². The average molecular weight is 205 g/mol. The topological polar surface area (TPSA) is 97.3 Å². The van der Waals surface area contributed by atoms with Crippen molar-refractivity contribution >= 4 is 17.7 Å². The first-order chi connectivity index (χ1) is 4.37. The molecule has 0 rings (SSSR count). The maximum Gasteiger partial charge on any atom is 2.00 e. The SMILES string of the molecule is CC(=O)C(=O)[O-].CC(=O)[O-].[Ni+2]. The van der Waals surface area contributed by atoms with Crippen molar-refractivity contribution < 1.29 is 41.1 Å². The van der Waals surface area contributed by atoms with Gasteiger partial charge in [-0.15, -0.1) is 0 Å². The van der Waals surface area contributed by atoms with E-state index in [1.54, 1.807) is 0 Å². The molecule has 0 heterocycles. The number of hydrogen-bond acceptors (Lipinski definition) is 5. The van der Waals surface area contributed by atoms with E-state index < -0.39 is 17.7 Å². The summed E-state index contributed by atoms with van der Waals surface area (Å²) in [6.07, 6.45) is 0. The molecule has 11 heavy (non-hydrogen) atoms. The quantitative estimate of drug-likeness (QED) is 0.337. The summed E-state index contributed by atoms with van der Waals surface area (Å²) in [5, 5.41) is 18.1. The van der Waals surface area contributed by atoms with Gasteiger partial charge in [0, 0.05) is 12.9 Å². The van der Waals surface area contributed by atoms with Crippen LogP contribution in [0.3, 0.4) is 0 Å². The first-order valence-corrected chi connectivity index (χ1v) is 2.27. The second-order valence-corrected chi connectivity index (χ2v) is 1.34. The van der Waals surface area contributed by atoms with Gasteiger partial charge >= 0.3 is 16.5 Å². The van der Waals surface area contributed by atoms with E-state index in [-0.39, 0.29) is 16.5 Å². The van der Waals surface area contributed by atoms with Crippen LogP contribution in [0.25, 0.3) is 0 Å². The molecule has 0 N–H and O–H groups in total. The van der Waals surface area contributed by atoms with Crippen molar-refractivity contribution in [2.24, 2.45) is 0 Å². The van der Waals surface area contributed by atoms with E-state index in [4.69, 9.17) is 9.90 Å². The molecule has 0 atom stereocenters. The molecule has 0 spiro atoms. The maximum atomic E-state index is 9.48. The van der Waals surface area contributed by atoms with E-state index in [9.17, 15) is 14.7 Å². The molecule has 0 aliphatic rings. The summed E-state index contributed by atoms with van der Waals surface area (Å²) in [4.78, 5) is 27.6. The third-order valence-electron chi connectivity index (χ3n) is 0.287. The van der Waals surface area contributed by atoms with Gasteiger partial charge in [-0.3, -0.25) is 4.79 Å². The summed E-state index contributed by atoms with van der Waals surface area (Å²) >= 11 is 0. The van der Waals surface area contributed by atoms with Gasteiger partial charge in [-0.05, 0) is 6.92 Å². The van der Waals surface area contributed by atoms with Crippen LogP contribution in [0.2, 0.25) is 0 Å². The fraction of sp³-hybridized carbons (Fsp3) is 0.400. The summed E-state index contributed by atoms with van der Waals surface area (Å²) in [7, 11) is 0. The van der Waals surface area contributed by atoms with Crippen LogP contribution in [0.15, 0.2) is 0 Å². The number of rotatable bonds is 1. The molecule has 0 amide bonds. The smallest absolute Gasteiger partial charge is 0.550 e. The molecular weight excluding hydrogens is 199 g/mol. The van der Waals surface area contributed by atoms with Gasteiger partial charge in [0.15, 0.2) is 5.78 Å².